The molecule has 2 N–H and O–H groups in total. The molecule has 1 aliphatic rings. The van der Waals surface area contributed by atoms with Gasteiger partial charge in [0.1, 0.15) is 11.6 Å². The van der Waals surface area contributed by atoms with E-state index in [1.54, 1.807) is 42.5 Å². The van der Waals surface area contributed by atoms with Crippen LogP contribution in [-0.4, -0.2) is 24.1 Å². The van der Waals surface area contributed by atoms with Gasteiger partial charge in [0.2, 0.25) is 5.91 Å². The summed E-state index contributed by atoms with van der Waals surface area (Å²) in [7, 11) is 1.24. The Bertz CT molecular complexity index is 1660. The Balaban J connectivity index is 1.58. The van der Waals surface area contributed by atoms with Crippen LogP contribution in [0.15, 0.2) is 66.9 Å². The summed E-state index contributed by atoms with van der Waals surface area (Å²) in [6.45, 7) is 1.81. The molecule has 2 amide bonds. The molecule has 2 bridgehead atoms. The Morgan fingerprint density at radius 1 is 1.00 bits per heavy atom. The van der Waals surface area contributed by atoms with Crippen LogP contribution in [0.1, 0.15) is 43.4 Å². The van der Waals surface area contributed by atoms with Crippen molar-refractivity contribution in [3.63, 3.8) is 0 Å². The summed E-state index contributed by atoms with van der Waals surface area (Å²) in [4.78, 5) is 29.4. The second-order valence-electron chi connectivity index (χ2n) is 10.2. The van der Waals surface area contributed by atoms with Gasteiger partial charge < -0.3 is 10.1 Å². The highest BCUT2D eigenvalue weighted by Gasteiger charge is 2.24. The van der Waals surface area contributed by atoms with E-state index in [2.05, 4.69) is 20.4 Å². The topological polar surface area (TPSA) is 80.3 Å². The fourth-order valence-corrected chi connectivity index (χ4v) is 5.30. The standard InChI is InChI=1S/C32H27ClF3N3O3/c1-17-4-3-5-21(27-13-7-19(16-37-27)29-26(35)12-10-24(33)30(29)36)18-6-11-25(34)23(14-18)22-9-8-20(38-32(41)42-2)15-28(22)39-31(17)40/h6-17,21H,3-5H2,1-2H3,(H,38,41)(H,39,40). The highest BCUT2D eigenvalue weighted by molar-refractivity contribution is 6.31. The SMILES string of the molecule is COC(=O)Nc1ccc2c(c1)NC(=O)C(C)CCCC(c1ccc(-c3c(F)ccc(Cl)c3F)cn1)c1ccc(F)c-2c1. The zero-order valence-corrected chi connectivity index (χ0v) is 23.6. The summed E-state index contributed by atoms with van der Waals surface area (Å²) in [6, 6.07) is 15.1. The van der Waals surface area contributed by atoms with E-state index in [0.717, 1.165) is 17.7 Å². The molecule has 1 aromatic heterocycles. The number of ether oxygens (including phenoxy) is 1. The molecule has 0 saturated carbocycles. The molecule has 0 aliphatic carbocycles. The first kappa shape index (κ1) is 29.1. The van der Waals surface area contributed by atoms with E-state index in [4.69, 9.17) is 11.6 Å². The van der Waals surface area contributed by atoms with Crippen molar-refractivity contribution in [1.29, 1.82) is 0 Å². The van der Waals surface area contributed by atoms with Gasteiger partial charge in [0.05, 0.1) is 23.4 Å². The number of aromatic nitrogens is 1. The normalized spacial score (nSPS) is 16.9. The van der Waals surface area contributed by atoms with Crippen LogP contribution >= 0.6 is 11.6 Å². The van der Waals surface area contributed by atoms with Crippen LogP contribution in [0.3, 0.4) is 0 Å². The second kappa shape index (κ2) is 12.2. The predicted molar refractivity (Wildman–Crippen MR) is 156 cm³/mol. The third-order valence-corrected chi connectivity index (χ3v) is 7.74. The maximum atomic E-state index is 15.3. The largest absolute Gasteiger partial charge is 0.453 e. The van der Waals surface area contributed by atoms with Crippen molar-refractivity contribution in [2.24, 2.45) is 5.92 Å². The van der Waals surface area contributed by atoms with Gasteiger partial charge in [-0.3, -0.25) is 15.1 Å². The Hall–Kier alpha value is -4.37. The van der Waals surface area contributed by atoms with Crippen LogP contribution in [0.5, 0.6) is 0 Å². The van der Waals surface area contributed by atoms with Gasteiger partial charge in [-0.05, 0) is 60.9 Å². The highest BCUT2D eigenvalue weighted by Crippen LogP contribution is 2.39. The minimum atomic E-state index is -0.865. The van der Waals surface area contributed by atoms with E-state index in [1.165, 1.54) is 19.4 Å². The van der Waals surface area contributed by atoms with Crippen LogP contribution in [-0.2, 0) is 9.53 Å². The Kier molecular flexibility index (Phi) is 8.49. The second-order valence-corrected chi connectivity index (χ2v) is 10.6. The number of amides is 2. The summed E-state index contributed by atoms with van der Waals surface area (Å²) in [5.74, 6) is -3.00. The quantitative estimate of drug-likeness (QED) is 0.233. The van der Waals surface area contributed by atoms with Gasteiger partial charge in [0.25, 0.3) is 0 Å². The van der Waals surface area contributed by atoms with E-state index < -0.39 is 23.5 Å². The number of hydrogen-bond donors (Lipinski definition) is 2. The summed E-state index contributed by atoms with van der Waals surface area (Å²) >= 11 is 5.88. The number of carbonyl (C=O) groups excluding carboxylic acids is 2. The number of pyridine rings is 1. The minimum Gasteiger partial charge on any atom is -0.453 e. The summed E-state index contributed by atoms with van der Waals surface area (Å²) in [5, 5.41) is 5.26. The van der Waals surface area contributed by atoms with Crippen molar-refractivity contribution in [1.82, 2.24) is 4.98 Å². The third kappa shape index (κ3) is 5.97. The molecule has 5 rings (SSSR count). The van der Waals surface area contributed by atoms with Crippen molar-refractivity contribution in [2.75, 3.05) is 17.7 Å². The number of fused-ring (bicyclic) bond motifs is 4. The lowest BCUT2D eigenvalue weighted by Crippen LogP contribution is -2.21. The van der Waals surface area contributed by atoms with Crippen LogP contribution in [0.4, 0.5) is 29.3 Å². The summed E-state index contributed by atoms with van der Waals surface area (Å²) in [5.41, 5.74) is 2.78. The average molecular weight is 594 g/mol. The minimum absolute atomic E-state index is 0.194. The zero-order valence-electron chi connectivity index (χ0n) is 22.8. The Morgan fingerprint density at radius 2 is 1.79 bits per heavy atom. The van der Waals surface area contributed by atoms with Crippen LogP contribution in [0.25, 0.3) is 22.3 Å². The molecule has 216 valence electrons. The van der Waals surface area contributed by atoms with Crippen molar-refractivity contribution in [3.05, 3.63) is 101 Å². The molecule has 2 heterocycles. The fourth-order valence-electron chi connectivity index (χ4n) is 5.15. The van der Waals surface area contributed by atoms with E-state index in [9.17, 15) is 18.4 Å². The lowest BCUT2D eigenvalue weighted by atomic mass is 9.86. The molecule has 10 heteroatoms. The highest BCUT2D eigenvalue weighted by atomic mass is 35.5. The molecule has 4 aromatic rings. The van der Waals surface area contributed by atoms with E-state index in [1.807, 2.05) is 6.92 Å². The molecule has 0 spiro atoms. The van der Waals surface area contributed by atoms with Crippen LogP contribution in [0, 0.1) is 23.4 Å². The summed E-state index contributed by atoms with van der Waals surface area (Å²) < 4.78 is 49.1. The van der Waals surface area contributed by atoms with Gasteiger partial charge in [0.15, 0.2) is 5.82 Å². The predicted octanol–water partition coefficient (Wildman–Crippen LogP) is 8.56. The van der Waals surface area contributed by atoms with Gasteiger partial charge in [-0.2, -0.15) is 0 Å². The smallest absolute Gasteiger partial charge is 0.411 e. The Labute approximate surface area is 245 Å². The maximum absolute atomic E-state index is 15.3. The van der Waals surface area contributed by atoms with Gasteiger partial charge in [-0.25, -0.2) is 18.0 Å². The fraction of sp³-hybridized carbons (Fsp3) is 0.219. The van der Waals surface area contributed by atoms with E-state index >= 15 is 4.39 Å². The molecule has 42 heavy (non-hydrogen) atoms. The summed E-state index contributed by atoms with van der Waals surface area (Å²) in [6.07, 6.45) is 2.55. The first-order chi connectivity index (χ1) is 20.2. The van der Waals surface area contributed by atoms with Crippen molar-refractivity contribution in [3.8, 4) is 22.3 Å². The number of methoxy groups -OCH3 is 1. The van der Waals surface area contributed by atoms with Gasteiger partial charge in [0, 0.05) is 46.1 Å². The van der Waals surface area contributed by atoms with Gasteiger partial charge >= 0.3 is 6.09 Å². The zero-order chi connectivity index (χ0) is 30.0. The van der Waals surface area contributed by atoms with Crippen molar-refractivity contribution in [2.45, 2.75) is 32.1 Å². The number of benzene rings is 3. The molecule has 6 nitrogen and oxygen atoms in total. The number of hydrogen-bond acceptors (Lipinski definition) is 4. The number of nitrogens with one attached hydrogen (secondary N) is 2. The molecular weight excluding hydrogens is 567 g/mol. The van der Waals surface area contributed by atoms with E-state index in [0.29, 0.717) is 41.9 Å². The van der Waals surface area contributed by atoms with Gasteiger partial charge in [-0.15, -0.1) is 0 Å². The number of anilines is 2. The molecule has 2 atom stereocenters. The lowest BCUT2D eigenvalue weighted by molar-refractivity contribution is -0.119. The number of carbonyl (C=O) groups is 2. The monoisotopic (exact) mass is 593 g/mol. The molecular formula is C32H27ClF3N3O3. The first-order valence-electron chi connectivity index (χ1n) is 13.4. The average Bonchev–Trinajstić information content (AvgIpc) is 2.98. The first-order valence-corrected chi connectivity index (χ1v) is 13.7. The van der Waals surface area contributed by atoms with Gasteiger partial charge in [-0.1, -0.05) is 43.1 Å². The number of halogens is 4. The van der Waals surface area contributed by atoms with Crippen LogP contribution in [0.2, 0.25) is 5.02 Å². The Morgan fingerprint density at radius 3 is 2.52 bits per heavy atom. The molecule has 2 unspecified atom stereocenters. The molecule has 0 radical (unpaired) electrons. The maximum Gasteiger partial charge on any atom is 0.411 e. The molecule has 3 aromatic carbocycles. The lowest BCUT2D eigenvalue weighted by Gasteiger charge is -2.22. The number of rotatable bonds is 3. The number of nitrogens with zero attached hydrogens (tertiary/aromatic N) is 1. The molecule has 1 aliphatic heterocycles. The molecule has 0 fully saturated rings. The third-order valence-electron chi connectivity index (χ3n) is 7.45. The van der Waals surface area contributed by atoms with E-state index in [-0.39, 0.29) is 39.5 Å². The van der Waals surface area contributed by atoms with Crippen LogP contribution < -0.4 is 10.6 Å². The molecule has 0 saturated heterocycles. The van der Waals surface area contributed by atoms with Crippen molar-refractivity contribution >= 4 is 35.0 Å². The van der Waals surface area contributed by atoms with Crippen molar-refractivity contribution < 1.29 is 27.5 Å².